The van der Waals surface area contributed by atoms with Crippen LogP contribution in [0.4, 0.5) is 5.69 Å². The molecule has 0 saturated carbocycles. The first-order valence-corrected chi connectivity index (χ1v) is 7.48. The summed E-state index contributed by atoms with van der Waals surface area (Å²) in [6, 6.07) is 12.9. The van der Waals surface area contributed by atoms with Crippen molar-refractivity contribution < 1.29 is 4.74 Å². The molecule has 2 aromatic carbocycles. The predicted octanol–water partition coefficient (Wildman–Crippen LogP) is 5.25. The number of methoxy groups -OCH3 is 1. The molecule has 0 spiro atoms. The topological polar surface area (TPSA) is 21.3 Å². The van der Waals surface area contributed by atoms with Gasteiger partial charge in [0.05, 0.1) is 11.6 Å². The molecular formula is C17H20BrNO. The monoisotopic (exact) mass is 333 g/mol. The van der Waals surface area contributed by atoms with Gasteiger partial charge in [-0.1, -0.05) is 23.8 Å². The van der Waals surface area contributed by atoms with E-state index in [9.17, 15) is 0 Å². The number of benzene rings is 2. The van der Waals surface area contributed by atoms with E-state index < -0.39 is 0 Å². The fourth-order valence-corrected chi connectivity index (χ4v) is 2.71. The van der Waals surface area contributed by atoms with Crippen LogP contribution in [0.5, 0.6) is 5.75 Å². The maximum absolute atomic E-state index is 5.33. The van der Waals surface area contributed by atoms with Gasteiger partial charge in [-0.15, -0.1) is 0 Å². The van der Waals surface area contributed by atoms with Crippen molar-refractivity contribution in [2.24, 2.45) is 0 Å². The van der Waals surface area contributed by atoms with Crippen LogP contribution in [0.2, 0.25) is 0 Å². The van der Waals surface area contributed by atoms with Gasteiger partial charge in [0.15, 0.2) is 0 Å². The van der Waals surface area contributed by atoms with Crippen LogP contribution in [0.3, 0.4) is 0 Å². The molecule has 3 heteroatoms. The van der Waals surface area contributed by atoms with Crippen LogP contribution in [0.15, 0.2) is 40.9 Å². The van der Waals surface area contributed by atoms with Crippen molar-refractivity contribution in [2.75, 3.05) is 12.4 Å². The van der Waals surface area contributed by atoms with Gasteiger partial charge >= 0.3 is 0 Å². The number of nitrogens with one attached hydrogen (secondary N) is 1. The number of anilines is 1. The zero-order chi connectivity index (χ0) is 14.7. The summed E-state index contributed by atoms with van der Waals surface area (Å²) in [7, 11) is 1.68. The van der Waals surface area contributed by atoms with E-state index in [1.54, 1.807) is 7.11 Å². The van der Waals surface area contributed by atoms with Gasteiger partial charge in [0.25, 0.3) is 0 Å². The predicted molar refractivity (Wildman–Crippen MR) is 88.6 cm³/mol. The fourth-order valence-electron chi connectivity index (χ4n) is 2.30. The lowest BCUT2D eigenvalue weighted by Crippen LogP contribution is -2.08. The zero-order valence-electron chi connectivity index (χ0n) is 12.3. The van der Waals surface area contributed by atoms with Crippen molar-refractivity contribution in [3.63, 3.8) is 0 Å². The van der Waals surface area contributed by atoms with Gasteiger partial charge < -0.3 is 10.1 Å². The highest BCUT2D eigenvalue weighted by atomic mass is 79.9. The third kappa shape index (κ3) is 3.34. The Kier molecular flexibility index (Phi) is 4.71. The SMILES string of the molecule is COc1cc(NC(C)c2cc(C)ccc2C)ccc1Br. The molecule has 20 heavy (non-hydrogen) atoms. The van der Waals surface area contributed by atoms with Crippen LogP contribution < -0.4 is 10.1 Å². The molecule has 0 amide bonds. The number of halogens is 1. The van der Waals surface area contributed by atoms with Gasteiger partial charge in [-0.2, -0.15) is 0 Å². The summed E-state index contributed by atoms with van der Waals surface area (Å²) in [6.45, 7) is 6.45. The molecule has 2 aromatic rings. The summed E-state index contributed by atoms with van der Waals surface area (Å²) >= 11 is 3.47. The number of hydrogen-bond acceptors (Lipinski definition) is 2. The van der Waals surface area contributed by atoms with E-state index in [2.05, 4.69) is 60.2 Å². The Morgan fingerprint density at radius 2 is 1.85 bits per heavy atom. The Labute approximate surface area is 129 Å². The molecule has 0 aromatic heterocycles. The second kappa shape index (κ2) is 6.31. The molecule has 0 heterocycles. The Bertz CT molecular complexity index is 610. The van der Waals surface area contributed by atoms with Gasteiger partial charge in [-0.25, -0.2) is 0 Å². The molecule has 0 aliphatic heterocycles. The number of aryl methyl sites for hydroxylation is 2. The molecule has 0 bridgehead atoms. The summed E-state index contributed by atoms with van der Waals surface area (Å²) in [4.78, 5) is 0. The maximum atomic E-state index is 5.33. The van der Waals surface area contributed by atoms with Gasteiger partial charge in [-0.05, 0) is 60.0 Å². The summed E-state index contributed by atoms with van der Waals surface area (Å²) in [6.07, 6.45) is 0. The second-order valence-corrected chi connectivity index (χ2v) is 5.93. The molecule has 0 aliphatic carbocycles. The van der Waals surface area contributed by atoms with Gasteiger partial charge in [0, 0.05) is 17.8 Å². The van der Waals surface area contributed by atoms with E-state index in [0.29, 0.717) is 0 Å². The lowest BCUT2D eigenvalue weighted by Gasteiger charge is -2.19. The van der Waals surface area contributed by atoms with Crippen molar-refractivity contribution in [2.45, 2.75) is 26.8 Å². The minimum absolute atomic E-state index is 0.251. The van der Waals surface area contributed by atoms with E-state index in [4.69, 9.17) is 4.74 Å². The lowest BCUT2D eigenvalue weighted by molar-refractivity contribution is 0.412. The highest BCUT2D eigenvalue weighted by Crippen LogP contribution is 2.30. The first-order chi connectivity index (χ1) is 9.51. The van der Waals surface area contributed by atoms with Crippen LogP contribution >= 0.6 is 15.9 Å². The molecule has 2 nitrogen and oxygen atoms in total. The standard InChI is InChI=1S/C17H20BrNO/c1-11-5-6-12(2)15(9-11)13(3)19-14-7-8-16(18)17(10-14)20-4/h5-10,13,19H,1-4H3. The van der Waals surface area contributed by atoms with Crippen molar-refractivity contribution >= 4 is 21.6 Å². The largest absolute Gasteiger partial charge is 0.495 e. The molecule has 1 N–H and O–H groups in total. The zero-order valence-corrected chi connectivity index (χ0v) is 13.9. The van der Waals surface area contributed by atoms with Crippen molar-refractivity contribution in [1.82, 2.24) is 0 Å². The molecule has 0 saturated heterocycles. The number of rotatable bonds is 4. The van der Waals surface area contributed by atoms with Crippen LogP contribution in [0.1, 0.15) is 29.7 Å². The van der Waals surface area contributed by atoms with Crippen LogP contribution in [-0.4, -0.2) is 7.11 Å². The van der Waals surface area contributed by atoms with E-state index in [0.717, 1.165) is 15.9 Å². The lowest BCUT2D eigenvalue weighted by atomic mass is 10.00. The fraction of sp³-hybridized carbons (Fsp3) is 0.294. The molecule has 106 valence electrons. The summed E-state index contributed by atoms with van der Waals surface area (Å²) in [5.41, 5.74) is 4.97. The Balaban J connectivity index is 2.23. The Morgan fingerprint density at radius 1 is 1.10 bits per heavy atom. The summed E-state index contributed by atoms with van der Waals surface area (Å²) in [5, 5.41) is 3.53. The minimum atomic E-state index is 0.251. The molecular weight excluding hydrogens is 314 g/mol. The quantitative estimate of drug-likeness (QED) is 0.825. The first kappa shape index (κ1) is 14.9. The smallest absolute Gasteiger partial charge is 0.135 e. The van der Waals surface area contributed by atoms with Gasteiger partial charge in [0.1, 0.15) is 5.75 Å². The van der Waals surface area contributed by atoms with Crippen LogP contribution in [0, 0.1) is 13.8 Å². The van der Waals surface area contributed by atoms with Crippen molar-refractivity contribution in [3.8, 4) is 5.75 Å². The maximum Gasteiger partial charge on any atom is 0.135 e. The van der Waals surface area contributed by atoms with Crippen LogP contribution in [0.25, 0.3) is 0 Å². The van der Waals surface area contributed by atoms with E-state index in [1.165, 1.54) is 16.7 Å². The minimum Gasteiger partial charge on any atom is -0.495 e. The molecule has 1 unspecified atom stereocenters. The second-order valence-electron chi connectivity index (χ2n) is 5.08. The highest BCUT2D eigenvalue weighted by Gasteiger charge is 2.10. The van der Waals surface area contributed by atoms with Gasteiger partial charge in [-0.3, -0.25) is 0 Å². The third-order valence-corrected chi connectivity index (χ3v) is 4.09. The highest BCUT2D eigenvalue weighted by molar-refractivity contribution is 9.10. The normalized spacial score (nSPS) is 12.1. The van der Waals surface area contributed by atoms with E-state index >= 15 is 0 Å². The van der Waals surface area contributed by atoms with Gasteiger partial charge in [0.2, 0.25) is 0 Å². The molecule has 0 fully saturated rings. The summed E-state index contributed by atoms with van der Waals surface area (Å²) < 4.78 is 6.29. The molecule has 0 radical (unpaired) electrons. The molecule has 0 aliphatic rings. The molecule has 2 rings (SSSR count). The third-order valence-electron chi connectivity index (χ3n) is 3.44. The van der Waals surface area contributed by atoms with Crippen LogP contribution in [-0.2, 0) is 0 Å². The van der Waals surface area contributed by atoms with Crippen molar-refractivity contribution in [1.29, 1.82) is 0 Å². The average molecular weight is 334 g/mol. The summed E-state index contributed by atoms with van der Waals surface area (Å²) in [5.74, 6) is 0.836. The van der Waals surface area contributed by atoms with E-state index in [-0.39, 0.29) is 6.04 Å². The van der Waals surface area contributed by atoms with E-state index in [1.807, 2.05) is 18.2 Å². The number of ether oxygens (including phenoxy) is 1. The van der Waals surface area contributed by atoms with Crippen molar-refractivity contribution in [3.05, 3.63) is 57.6 Å². The number of hydrogen-bond donors (Lipinski definition) is 1. The molecule has 1 atom stereocenters. The Hall–Kier alpha value is -1.48. The average Bonchev–Trinajstić information content (AvgIpc) is 2.43. The Morgan fingerprint density at radius 3 is 2.55 bits per heavy atom. The first-order valence-electron chi connectivity index (χ1n) is 6.68.